The van der Waals surface area contributed by atoms with Crippen molar-refractivity contribution in [2.24, 2.45) is 0 Å². The molecule has 0 aliphatic heterocycles. The molecule has 13 heavy (non-hydrogen) atoms. The number of rotatable bonds is 0. The lowest BCUT2D eigenvalue weighted by atomic mass is 10.3. The fraction of sp³-hybridized carbons (Fsp3) is 0. The van der Waals surface area contributed by atoms with Gasteiger partial charge < -0.3 is 4.42 Å². The molecule has 1 N–H and O–H groups in total. The minimum absolute atomic E-state index is 0.458. The molecular weight excluding hydrogens is 370 g/mol. The molecule has 0 radical (unpaired) electrons. The molecule has 0 aliphatic carbocycles. The van der Waals surface area contributed by atoms with Crippen LogP contribution in [0.2, 0.25) is 0 Å². The van der Waals surface area contributed by atoms with Crippen LogP contribution in [-0.4, -0.2) is 4.98 Å². The standard InChI is InChI=1S/C7H2Br3NO2/c8-2-1-3-6(5(10)4(2)9)11-7(12)13-3/h1H,(H,11,12). The van der Waals surface area contributed by atoms with Crippen molar-refractivity contribution < 1.29 is 4.42 Å². The van der Waals surface area contributed by atoms with E-state index < -0.39 is 5.76 Å². The summed E-state index contributed by atoms with van der Waals surface area (Å²) in [7, 11) is 0. The number of aromatic amines is 1. The second-order valence-electron chi connectivity index (χ2n) is 2.37. The Balaban J connectivity index is 3.00. The molecule has 1 aromatic carbocycles. The van der Waals surface area contributed by atoms with Crippen molar-refractivity contribution in [3.05, 3.63) is 30.0 Å². The topological polar surface area (TPSA) is 46.0 Å². The van der Waals surface area contributed by atoms with E-state index in [4.69, 9.17) is 4.42 Å². The zero-order valence-electron chi connectivity index (χ0n) is 6.03. The quantitative estimate of drug-likeness (QED) is 0.721. The molecular formula is C7H2Br3NO2. The second-order valence-corrected chi connectivity index (χ2v) is 4.81. The van der Waals surface area contributed by atoms with E-state index in [-0.39, 0.29) is 0 Å². The van der Waals surface area contributed by atoms with Crippen LogP contribution in [0, 0.1) is 0 Å². The first-order valence-electron chi connectivity index (χ1n) is 3.26. The van der Waals surface area contributed by atoms with Crippen molar-refractivity contribution in [3.8, 4) is 0 Å². The number of H-pyrrole nitrogens is 1. The highest BCUT2D eigenvalue weighted by molar-refractivity contribution is 9.14. The average molecular weight is 372 g/mol. The molecule has 0 aliphatic rings. The van der Waals surface area contributed by atoms with E-state index in [0.717, 1.165) is 13.4 Å². The predicted octanol–water partition coefficient (Wildman–Crippen LogP) is 3.41. The fourth-order valence-corrected chi connectivity index (χ4v) is 2.49. The summed E-state index contributed by atoms with van der Waals surface area (Å²) in [6, 6.07) is 1.72. The Morgan fingerprint density at radius 2 is 1.92 bits per heavy atom. The van der Waals surface area contributed by atoms with Crippen molar-refractivity contribution in [3.63, 3.8) is 0 Å². The Bertz CT molecular complexity index is 528. The van der Waals surface area contributed by atoms with E-state index in [9.17, 15) is 4.79 Å². The van der Waals surface area contributed by atoms with Crippen molar-refractivity contribution in [2.45, 2.75) is 0 Å². The number of hydrogen-bond acceptors (Lipinski definition) is 2. The molecule has 68 valence electrons. The molecule has 1 heterocycles. The molecule has 0 unspecified atom stereocenters. The molecule has 0 amide bonds. The molecule has 0 fully saturated rings. The van der Waals surface area contributed by atoms with Crippen molar-refractivity contribution in [1.29, 1.82) is 0 Å². The first-order chi connectivity index (χ1) is 6.09. The molecule has 0 spiro atoms. The predicted molar refractivity (Wildman–Crippen MR) is 59.9 cm³/mol. The van der Waals surface area contributed by atoms with Gasteiger partial charge in [0, 0.05) is 8.95 Å². The Morgan fingerprint density at radius 1 is 1.23 bits per heavy atom. The highest BCUT2D eigenvalue weighted by Gasteiger charge is 2.11. The lowest BCUT2D eigenvalue weighted by Crippen LogP contribution is -1.93. The number of benzene rings is 1. The number of halogens is 3. The van der Waals surface area contributed by atoms with Gasteiger partial charge in [0.05, 0.1) is 4.47 Å². The van der Waals surface area contributed by atoms with E-state index in [1.165, 1.54) is 0 Å². The average Bonchev–Trinajstić information content (AvgIpc) is 2.42. The molecule has 2 aromatic rings. The van der Waals surface area contributed by atoms with E-state index in [0.29, 0.717) is 11.1 Å². The van der Waals surface area contributed by atoms with Gasteiger partial charge in [-0.1, -0.05) is 0 Å². The van der Waals surface area contributed by atoms with Gasteiger partial charge in [-0.25, -0.2) is 4.79 Å². The maximum atomic E-state index is 10.9. The van der Waals surface area contributed by atoms with Gasteiger partial charge in [0.2, 0.25) is 0 Å². The van der Waals surface area contributed by atoms with Crippen LogP contribution < -0.4 is 5.76 Å². The summed E-state index contributed by atoms with van der Waals surface area (Å²) in [4.78, 5) is 13.5. The lowest BCUT2D eigenvalue weighted by Gasteiger charge is -1.98. The summed E-state index contributed by atoms with van der Waals surface area (Å²) < 4.78 is 7.33. The van der Waals surface area contributed by atoms with Crippen LogP contribution in [0.4, 0.5) is 0 Å². The summed E-state index contributed by atoms with van der Waals surface area (Å²) >= 11 is 10.0. The first-order valence-corrected chi connectivity index (χ1v) is 5.64. The van der Waals surface area contributed by atoms with Gasteiger partial charge in [0.1, 0.15) is 5.52 Å². The molecule has 6 heteroatoms. The van der Waals surface area contributed by atoms with E-state index in [1.807, 2.05) is 0 Å². The smallest absolute Gasteiger partial charge is 0.408 e. The molecule has 0 bridgehead atoms. The number of hydrogen-bond donors (Lipinski definition) is 1. The molecule has 3 nitrogen and oxygen atoms in total. The number of nitrogens with one attached hydrogen (secondary N) is 1. The third kappa shape index (κ3) is 1.51. The van der Waals surface area contributed by atoms with Crippen LogP contribution in [0.1, 0.15) is 0 Å². The summed E-state index contributed by atoms with van der Waals surface area (Å²) in [5.74, 6) is -0.458. The van der Waals surface area contributed by atoms with Gasteiger partial charge in [-0.15, -0.1) is 0 Å². The summed E-state index contributed by atoms with van der Waals surface area (Å²) in [5.41, 5.74) is 1.17. The van der Waals surface area contributed by atoms with Gasteiger partial charge in [0.15, 0.2) is 5.58 Å². The van der Waals surface area contributed by atoms with Gasteiger partial charge in [-0.05, 0) is 53.9 Å². The summed E-state index contributed by atoms with van der Waals surface area (Å²) in [5, 5.41) is 0. The Morgan fingerprint density at radius 3 is 2.62 bits per heavy atom. The third-order valence-corrected chi connectivity index (χ3v) is 4.86. The van der Waals surface area contributed by atoms with Crippen LogP contribution in [0.3, 0.4) is 0 Å². The largest absolute Gasteiger partial charge is 0.417 e. The molecule has 0 saturated heterocycles. The lowest BCUT2D eigenvalue weighted by molar-refractivity contribution is 0.555. The zero-order valence-corrected chi connectivity index (χ0v) is 10.8. The highest BCUT2D eigenvalue weighted by Crippen LogP contribution is 2.35. The Labute approximate surface area is 97.9 Å². The van der Waals surface area contributed by atoms with Crippen molar-refractivity contribution in [2.75, 3.05) is 0 Å². The van der Waals surface area contributed by atoms with Crippen LogP contribution >= 0.6 is 47.8 Å². The van der Waals surface area contributed by atoms with Crippen molar-refractivity contribution >= 4 is 58.9 Å². The Kier molecular flexibility index (Phi) is 2.37. The van der Waals surface area contributed by atoms with E-state index in [2.05, 4.69) is 52.8 Å². The number of aromatic nitrogens is 1. The fourth-order valence-electron chi connectivity index (χ4n) is 0.998. The number of fused-ring (bicyclic) bond motifs is 1. The monoisotopic (exact) mass is 369 g/mol. The summed E-state index contributed by atoms with van der Waals surface area (Å²) in [6.45, 7) is 0. The Hall–Kier alpha value is -0.0700. The van der Waals surface area contributed by atoms with E-state index in [1.54, 1.807) is 6.07 Å². The second kappa shape index (κ2) is 3.25. The summed E-state index contributed by atoms with van der Waals surface area (Å²) in [6.07, 6.45) is 0. The highest BCUT2D eigenvalue weighted by atomic mass is 79.9. The maximum Gasteiger partial charge on any atom is 0.417 e. The van der Waals surface area contributed by atoms with Crippen LogP contribution in [0.15, 0.2) is 28.7 Å². The van der Waals surface area contributed by atoms with Crippen molar-refractivity contribution in [1.82, 2.24) is 4.98 Å². The van der Waals surface area contributed by atoms with Gasteiger partial charge in [-0.2, -0.15) is 0 Å². The van der Waals surface area contributed by atoms with Gasteiger partial charge >= 0.3 is 5.76 Å². The van der Waals surface area contributed by atoms with E-state index >= 15 is 0 Å². The molecule has 0 saturated carbocycles. The SMILES string of the molecule is O=c1[nH]c2c(Br)c(Br)c(Br)cc2o1. The zero-order chi connectivity index (χ0) is 9.59. The normalized spacial score (nSPS) is 11.0. The maximum absolute atomic E-state index is 10.9. The molecule has 1 aromatic heterocycles. The molecule has 2 rings (SSSR count). The van der Waals surface area contributed by atoms with Crippen LogP contribution in [-0.2, 0) is 0 Å². The van der Waals surface area contributed by atoms with Gasteiger partial charge in [-0.3, -0.25) is 4.98 Å². The van der Waals surface area contributed by atoms with Crippen LogP contribution in [0.5, 0.6) is 0 Å². The van der Waals surface area contributed by atoms with Crippen LogP contribution in [0.25, 0.3) is 11.1 Å². The minimum atomic E-state index is -0.458. The van der Waals surface area contributed by atoms with Gasteiger partial charge in [0.25, 0.3) is 0 Å². The first kappa shape index (κ1) is 9.48. The molecule has 0 atom stereocenters. The number of oxazole rings is 1. The third-order valence-electron chi connectivity index (χ3n) is 1.56. The minimum Gasteiger partial charge on any atom is -0.408 e.